The minimum Gasteiger partial charge on any atom is -0.378 e. The van der Waals surface area contributed by atoms with Gasteiger partial charge in [0.05, 0.1) is 13.2 Å². The Morgan fingerprint density at radius 2 is 1.76 bits per heavy atom. The van der Waals surface area contributed by atoms with Crippen molar-refractivity contribution in [3.05, 3.63) is 71.9 Å². The Morgan fingerprint density at radius 3 is 2.40 bits per heavy atom. The van der Waals surface area contributed by atoms with Crippen molar-refractivity contribution in [2.45, 2.75) is 13.3 Å². The molecule has 0 unspecified atom stereocenters. The van der Waals surface area contributed by atoms with Gasteiger partial charge in [-0.3, -0.25) is 4.79 Å². The highest BCUT2D eigenvalue weighted by Gasteiger charge is 2.10. The third kappa shape index (κ3) is 4.70. The molecule has 1 aliphatic heterocycles. The maximum atomic E-state index is 12.1. The molecular formula is C21H24N2O2. The molecule has 0 bridgehead atoms. The second-order valence-electron chi connectivity index (χ2n) is 6.04. The van der Waals surface area contributed by atoms with Crippen LogP contribution in [-0.2, 0) is 11.2 Å². The molecule has 2 aromatic rings. The normalized spacial score (nSPS) is 14.7. The molecule has 1 fully saturated rings. The number of hydrogen-bond donors (Lipinski definition) is 1. The Hall–Kier alpha value is -2.59. The van der Waals surface area contributed by atoms with Crippen molar-refractivity contribution in [3.8, 4) is 0 Å². The van der Waals surface area contributed by atoms with Crippen molar-refractivity contribution in [2.24, 2.45) is 0 Å². The van der Waals surface area contributed by atoms with Gasteiger partial charge in [-0.05, 0) is 36.2 Å². The molecule has 0 spiro atoms. The number of hydrogen-bond acceptors (Lipinski definition) is 4. The predicted molar refractivity (Wildman–Crippen MR) is 102 cm³/mol. The van der Waals surface area contributed by atoms with Crippen LogP contribution in [0.25, 0.3) is 0 Å². The first-order valence-electron chi connectivity index (χ1n) is 8.75. The van der Waals surface area contributed by atoms with Crippen LogP contribution in [0.1, 0.15) is 22.8 Å². The van der Waals surface area contributed by atoms with E-state index in [0.29, 0.717) is 5.56 Å². The molecule has 0 atom stereocenters. The number of nitrogens with zero attached hydrogens (tertiary/aromatic N) is 1. The molecule has 0 aromatic heterocycles. The van der Waals surface area contributed by atoms with Gasteiger partial charge in [0.25, 0.3) is 0 Å². The van der Waals surface area contributed by atoms with Gasteiger partial charge in [-0.1, -0.05) is 31.2 Å². The van der Waals surface area contributed by atoms with E-state index in [9.17, 15) is 4.79 Å². The zero-order valence-corrected chi connectivity index (χ0v) is 14.6. The van der Waals surface area contributed by atoms with Gasteiger partial charge in [0.1, 0.15) is 0 Å². The van der Waals surface area contributed by atoms with Crippen molar-refractivity contribution in [2.75, 3.05) is 36.5 Å². The molecule has 25 heavy (non-hydrogen) atoms. The van der Waals surface area contributed by atoms with Crippen LogP contribution < -0.4 is 10.2 Å². The molecule has 0 saturated carbocycles. The summed E-state index contributed by atoms with van der Waals surface area (Å²) >= 11 is 0. The number of anilines is 2. The molecule has 1 aliphatic rings. The highest BCUT2D eigenvalue weighted by molar-refractivity contribution is 6.04. The number of aryl methyl sites for hydroxylation is 1. The Bertz CT molecular complexity index is 715. The van der Waals surface area contributed by atoms with E-state index in [2.05, 4.69) is 29.3 Å². The van der Waals surface area contributed by atoms with E-state index in [1.54, 1.807) is 12.3 Å². The van der Waals surface area contributed by atoms with E-state index in [1.165, 1.54) is 11.3 Å². The van der Waals surface area contributed by atoms with E-state index in [0.717, 1.165) is 38.4 Å². The zero-order chi connectivity index (χ0) is 17.5. The number of morpholine rings is 1. The van der Waals surface area contributed by atoms with Crippen LogP contribution in [-0.4, -0.2) is 32.1 Å². The fourth-order valence-electron chi connectivity index (χ4n) is 2.80. The van der Waals surface area contributed by atoms with Gasteiger partial charge in [0.2, 0.25) is 0 Å². The highest BCUT2D eigenvalue weighted by atomic mass is 16.5. The Balaban J connectivity index is 1.55. The third-order valence-corrected chi connectivity index (χ3v) is 4.37. The van der Waals surface area contributed by atoms with Crippen LogP contribution in [0.3, 0.4) is 0 Å². The van der Waals surface area contributed by atoms with E-state index in [4.69, 9.17) is 4.74 Å². The second kappa shape index (κ2) is 8.49. The molecular weight excluding hydrogens is 312 g/mol. The van der Waals surface area contributed by atoms with E-state index in [-0.39, 0.29) is 5.78 Å². The Morgan fingerprint density at radius 1 is 1.08 bits per heavy atom. The van der Waals surface area contributed by atoms with Crippen molar-refractivity contribution in [1.29, 1.82) is 0 Å². The average molecular weight is 336 g/mol. The van der Waals surface area contributed by atoms with Crippen molar-refractivity contribution in [1.82, 2.24) is 0 Å². The summed E-state index contributed by atoms with van der Waals surface area (Å²) in [6, 6.07) is 16.0. The first-order valence-corrected chi connectivity index (χ1v) is 8.75. The van der Waals surface area contributed by atoms with E-state index in [1.807, 2.05) is 36.4 Å². The molecule has 4 nitrogen and oxygen atoms in total. The quantitative estimate of drug-likeness (QED) is 0.642. The number of carbonyl (C=O) groups is 1. The summed E-state index contributed by atoms with van der Waals surface area (Å²) in [5.74, 6) is 0.0000833. The fourth-order valence-corrected chi connectivity index (χ4v) is 2.80. The lowest BCUT2D eigenvalue weighted by atomic mass is 10.1. The van der Waals surface area contributed by atoms with E-state index >= 15 is 0 Å². The van der Waals surface area contributed by atoms with Crippen LogP contribution in [0.4, 0.5) is 11.4 Å². The van der Waals surface area contributed by atoms with Crippen LogP contribution in [0, 0.1) is 0 Å². The Labute approximate surface area is 149 Å². The molecule has 1 saturated heterocycles. The number of benzene rings is 2. The maximum Gasteiger partial charge on any atom is 0.187 e. The fraction of sp³-hybridized carbons (Fsp3) is 0.286. The molecule has 0 aliphatic carbocycles. The molecule has 0 amide bonds. The summed E-state index contributed by atoms with van der Waals surface area (Å²) in [6.07, 6.45) is 4.24. The first kappa shape index (κ1) is 17.2. The monoisotopic (exact) mass is 336 g/mol. The molecule has 0 radical (unpaired) electrons. The third-order valence-electron chi connectivity index (χ3n) is 4.37. The van der Waals surface area contributed by atoms with Crippen molar-refractivity contribution in [3.63, 3.8) is 0 Å². The molecule has 1 N–H and O–H groups in total. The average Bonchev–Trinajstić information content (AvgIpc) is 2.69. The van der Waals surface area contributed by atoms with Crippen LogP contribution >= 0.6 is 0 Å². The van der Waals surface area contributed by atoms with Gasteiger partial charge >= 0.3 is 0 Å². The second-order valence-corrected chi connectivity index (χ2v) is 6.04. The largest absolute Gasteiger partial charge is 0.378 e. The Kier molecular flexibility index (Phi) is 5.86. The number of ketones is 1. The summed E-state index contributed by atoms with van der Waals surface area (Å²) in [4.78, 5) is 14.5. The molecule has 3 rings (SSSR count). The molecule has 1 heterocycles. The standard InChI is InChI=1S/C21H24N2O2/c1-2-17-3-5-18(6-4-17)21(24)11-12-22-19-7-9-20(10-8-19)23-13-15-25-16-14-23/h3-12,22H,2,13-16H2,1H3. The van der Waals surface area contributed by atoms with Gasteiger partial charge in [0, 0.05) is 42.3 Å². The summed E-state index contributed by atoms with van der Waals surface area (Å²) in [5.41, 5.74) is 4.10. The first-order chi connectivity index (χ1) is 12.3. The van der Waals surface area contributed by atoms with Crippen molar-refractivity contribution < 1.29 is 9.53 Å². The number of rotatable bonds is 6. The number of carbonyl (C=O) groups excluding carboxylic acids is 1. The maximum absolute atomic E-state index is 12.1. The van der Waals surface area contributed by atoms with Gasteiger partial charge < -0.3 is 15.0 Å². The summed E-state index contributed by atoms with van der Waals surface area (Å²) < 4.78 is 5.37. The molecule has 130 valence electrons. The number of nitrogens with one attached hydrogen (secondary N) is 1. The SMILES string of the molecule is CCc1ccc(C(=O)C=CNc2ccc(N3CCOCC3)cc2)cc1. The van der Waals surface area contributed by atoms with Crippen molar-refractivity contribution >= 4 is 17.2 Å². The predicted octanol–water partition coefficient (Wildman–Crippen LogP) is 3.89. The van der Waals surface area contributed by atoms with Crippen LogP contribution in [0.5, 0.6) is 0 Å². The minimum absolute atomic E-state index is 0.0000833. The van der Waals surface area contributed by atoms with Gasteiger partial charge in [0.15, 0.2) is 5.78 Å². The smallest absolute Gasteiger partial charge is 0.187 e. The highest BCUT2D eigenvalue weighted by Crippen LogP contribution is 2.19. The molecule has 2 aromatic carbocycles. The number of ether oxygens (including phenoxy) is 1. The summed E-state index contributed by atoms with van der Waals surface area (Å²) in [7, 11) is 0. The lowest BCUT2D eigenvalue weighted by molar-refractivity contribution is 0.104. The lowest BCUT2D eigenvalue weighted by Gasteiger charge is -2.28. The summed E-state index contributed by atoms with van der Waals surface area (Å²) in [5, 5.41) is 3.15. The van der Waals surface area contributed by atoms with Gasteiger partial charge in [-0.15, -0.1) is 0 Å². The van der Waals surface area contributed by atoms with E-state index < -0.39 is 0 Å². The summed E-state index contributed by atoms with van der Waals surface area (Å²) in [6.45, 7) is 5.52. The number of allylic oxidation sites excluding steroid dienone is 1. The minimum atomic E-state index is 0.0000833. The lowest BCUT2D eigenvalue weighted by Crippen LogP contribution is -2.36. The van der Waals surface area contributed by atoms with Gasteiger partial charge in [-0.25, -0.2) is 0 Å². The molecule has 4 heteroatoms. The van der Waals surface area contributed by atoms with Crippen LogP contribution in [0.15, 0.2) is 60.8 Å². The van der Waals surface area contributed by atoms with Gasteiger partial charge in [-0.2, -0.15) is 0 Å². The zero-order valence-electron chi connectivity index (χ0n) is 14.6. The topological polar surface area (TPSA) is 41.6 Å². The van der Waals surface area contributed by atoms with Crippen LogP contribution in [0.2, 0.25) is 0 Å².